The maximum absolute atomic E-state index is 13.4. The lowest BCUT2D eigenvalue weighted by Crippen LogP contribution is -2.31. The van der Waals surface area contributed by atoms with Gasteiger partial charge in [-0.2, -0.15) is 4.31 Å². The summed E-state index contributed by atoms with van der Waals surface area (Å²) in [6, 6.07) is 21.7. The minimum atomic E-state index is -3.89. The third-order valence-electron chi connectivity index (χ3n) is 5.17. The summed E-state index contributed by atoms with van der Waals surface area (Å²) in [5.74, 6) is -0.151. The largest absolute Gasteiger partial charge is 0.495 e. The van der Waals surface area contributed by atoms with Crippen LogP contribution in [0.5, 0.6) is 5.75 Å². The fraction of sp³-hybridized carbons (Fsp3) is 0.240. The minimum absolute atomic E-state index is 0.0271. The number of ether oxygens (including phenoxy) is 1. The first-order chi connectivity index (χ1) is 15.3. The number of carbonyl (C=O) groups is 1. The summed E-state index contributed by atoms with van der Waals surface area (Å²) in [4.78, 5) is 12.7. The third-order valence-corrected chi connectivity index (χ3v) is 7.11. The monoisotopic (exact) mass is 452 g/mol. The number of sulfonamides is 1. The van der Waals surface area contributed by atoms with E-state index in [2.05, 4.69) is 5.32 Å². The average molecular weight is 453 g/mol. The number of methoxy groups -OCH3 is 1. The Bertz CT molecular complexity index is 1160. The molecule has 0 spiro atoms. The smallest absolute Gasteiger partial charge is 0.251 e. The van der Waals surface area contributed by atoms with Crippen LogP contribution in [0.4, 0.5) is 0 Å². The van der Waals surface area contributed by atoms with E-state index in [0.29, 0.717) is 6.54 Å². The first-order valence-corrected chi connectivity index (χ1v) is 11.8. The fourth-order valence-corrected chi connectivity index (χ4v) is 4.92. The standard InChI is InChI=1S/C25H28N2O4S/c1-4-27(18-21-8-6-5-7-9-21)32(29,30)24-16-22(14-15-23(24)31-3)25(28)26-17-20-12-10-19(2)11-13-20/h5-16H,4,17-18H2,1-3H3,(H,26,28). The summed E-state index contributed by atoms with van der Waals surface area (Å²) >= 11 is 0. The van der Waals surface area contributed by atoms with E-state index in [0.717, 1.165) is 16.7 Å². The van der Waals surface area contributed by atoms with E-state index in [1.165, 1.54) is 23.5 Å². The Morgan fingerprint density at radius 3 is 2.28 bits per heavy atom. The van der Waals surface area contributed by atoms with Gasteiger partial charge in [-0.25, -0.2) is 8.42 Å². The zero-order valence-electron chi connectivity index (χ0n) is 18.5. The fourth-order valence-electron chi connectivity index (χ4n) is 3.30. The van der Waals surface area contributed by atoms with Gasteiger partial charge >= 0.3 is 0 Å². The van der Waals surface area contributed by atoms with Gasteiger partial charge in [0, 0.05) is 25.2 Å². The highest BCUT2D eigenvalue weighted by molar-refractivity contribution is 7.89. The van der Waals surface area contributed by atoms with Crippen LogP contribution in [-0.4, -0.2) is 32.3 Å². The van der Waals surface area contributed by atoms with Crippen molar-refractivity contribution in [2.24, 2.45) is 0 Å². The molecule has 0 bridgehead atoms. The Morgan fingerprint density at radius 2 is 1.66 bits per heavy atom. The molecule has 3 aromatic rings. The molecule has 168 valence electrons. The molecule has 3 aromatic carbocycles. The van der Waals surface area contributed by atoms with Crippen LogP contribution in [0.2, 0.25) is 0 Å². The molecule has 0 heterocycles. The molecule has 0 atom stereocenters. The van der Waals surface area contributed by atoms with Gasteiger partial charge in [0.05, 0.1) is 7.11 Å². The highest BCUT2D eigenvalue weighted by atomic mass is 32.2. The van der Waals surface area contributed by atoms with E-state index in [1.54, 1.807) is 13.0 Å². The van der Waals surface area contributed by atoms with Crippen molar-refractivity contribution in [3.8, 4) is 5.75 Å². The lowest BCUT2D eigenvalue weighted by atomic mass is 10.1. The normalized spacial score (nSPS) is 11.4. The number of aryl methyl sites for hydroxylation is 1. The average Bonchev–Trinajstić information content (AvgIpc) is 2.82. The zero-order chi connectivity index (χ0) is 23.1. The molecule has 32 heavy (non-hydrogen) atoms. The topological polar surface area (TPSA) is 75.7 Å². The van der Waals surface area contributed by atoms with Crippen LogP contribution in [0.15, 0.2) is 77.7 Å². The molecule has 1 N–H and O–H groups in total. The van der Waals surface area contributed by atoms with E-state index in [1.807, 2.05) is 61.5 Å². The molecule has 0 aliphatic heterocycles. The second-order valence-corrected chi connectivity index (χ2v) is 9.36. The summed E-state index contributed by atoms with van der Waals surface area (Å²) in [5, 5.41) is 2.85. The van der Waals surface area contributed by atoms with E-state index in [-0.39, 0.29) is 35.2 Å². The van der Waals surface area contributed by atoms with Crippen molar-refractivity contribution >= 4 is 15.9 Å². The summed E-state index contributed by atoms with van der Waals surface area (Å²) in [7, 11) is -2.48. The maximum Gasteiger partial charge on any atom is 0.251 e. The first-order valence-electron chi connectivity index (χ1n) is 10.4. The van der Waals surface area contributed by atoms with Gasteiger partial charge in [0.25, 0.3) is 5.91 Å². The predicted octanol–water partition coefficient (Wildman–Crippen LogP) is 4.14. The molecule has 7 heteroatoms. The summed E-state index contributed by atoms with van der Waals surface area (Å²) < 4.78 is 33.6. The molecule has 0 saturated heterocycles. The van der Waals surface area contributed by atoms with Crippen LogP contribution in [0.25, 0.3) is 0 Å². The highest BCUT2D eigenvalue weighted by Gasteiger charge is 2.28. The predicted molar refractivity (Wildman–Crippen MR) is 125 cm³/mol. The van der Waals surface area contributed by atoms with Crippen LogP contribution in [0.1, 0.15) is 34.0 Å². The Kier molecular flexibility index (Phi) is 7.66. The van der Waals surface area contributed by atoms with Crippen molar-refractivity contribution in [3.63, 3.8) is 0 Å². The van der Waals surface area contributed by atoms with E-state index in [9.17, 15) is 13.2 Å². The SMILES string of the molecule is CCN(Cc1ccccc1)S(=O)(=O)c1cc(C(=O)NCc2ccc(C)cc2)ccc1OC. The second kappa shape index (κ2) is 10.4. The van der Waals surface area contributed by atoms with E-state index < -0.39 is 10.0 Å². The Hall–Kier alpha value is -3.16. The van der Waals surface area contributed by atoms with Crippen LogP contribution >= 0.6 is 0 Å². The number of rotatable bonds is 9. The van der Waals surface area contributed by atoms with Crippen LogP contribution < -0.4 is 10.1 Å². The number of nitrogens with one attached hydrogen (secondary N) is 1. The molecule has 0 fully saturated rings. The number of amides is 1. The molecule has 1 amide bonds. The molecule has 0 aliphatic carbocycles. The number of hydrogen-bond acceptors (Lipinski definition) is 4. The van der Waals surface area contributed by atoms with Gasteiger partial charge < -0.3 is 10.1 Å². The van der Waals surface area contributed by atoms with Gasteiger partial charge in [0.1, 0.15) is 10.6 Å². The molecule has 0 radical (unpaired) electrons. The second-order valence-electron chi connectivity index (χ2n) is 7.45. The van der Waals surface area contributed by atoms with Crippen molar-refractivity contribution in [1.82, 2.24) is 9.62 Å². The Balaban J connectivity index is 1.85. The van der Waals surface area contributed by atoms with Gasteiger partial charge in [-0.15, -0.1) is 0 Å². The summed E-state index contributed by atoms with van der Waals surface area (Å²) in [6.45, 7) is 4.64. The van der Waals surface area contributed by atoms with Gasteiger partial charge in [0.15, 0.2) is 0 Å². The molecular weight excluding hydrogens is 424 g/mol. The first kappa shape index (κ1) is 23.5. The lowest BCUT2D eigenvalue weighted by molar-refractivity contribution is 0.0950. The van der Waals surface area contributed by atoms with E-state index in [4.69, 9.17) is 4.74 Å². The maximum atomic E-state index is 13.4. The van der Waals surface area contributed by atoms with Crippen LogP contribution in [-0.2, 0) is 23.1 Å². The Labute approximate surface area is 189 Å². The summed E-state index contributed by atoms with van der Waals surface area (Å²) in [5.41, 5.74) is 3.24. The molecule has 0 unspecified atom stereocenters. The quantitative estimate of drug-likeness (QED) is 0.529. The zero-order valence-corrected chi connectivity index (χ0v) is 19.4. The third kappa shape index (κ3) is 5.55. The lowest BCUT2D eigenvalue weighted by Gasteiger charge is -2.22. The number of nitrogens with zero attached hydrogens (tertiary/aromatic N) is 1. The Morgan fingerprint density at radius 1 is 0.969 bits per heavy atom. The number of carbonyl (C=O) groups excluding carboxylic acids is 1. The van der Waals surface area contributed by atoms with Gasteiger partial charge in [-0.3, -0.25) is 4.79 Å². The molecule has 0 saturated carbocycles. The van der Waals surface area contributed by atoms with Crippen LogP contribution in [0.3, 0.4) is 0 Å². The highest BCUT2D eigenvalue weighted by Crippen LogP contribution is 2.29. The summed E-state index contributed by atoms with van der Waals surface area (Å²) in [6.07, 6.45) is 0. The van der Waals surface area contributed by atoms with Gasteiger partial charge in [0.2, 0.25) is 10.0 Å². The van der Waals surface area contributed by atoms with Gasteiger partial charge in [-0.1, -0.05) is 67.1 Å². The minimum Gasteiger partial charge on any atom is -0.495 e. The number of hydrogen-bond donors (Lipinski definition) is 1. The molecule has 0 aromatic heterocycles. The van der Waals surface area contributed by atoms with Crippen molar-refractivity contribution in [2.45, 2.75) is 31.8 Å². The van der Waals surface area contributed by atoms with Gasteiger partial charge in [-0.05, 0) is 36.2 Å². The van der Waals surface area contributed by atoms with Crippen LogP contribution in [0, 0.1) is 6.92 Å². The molecule has 6 nitrogen and oxygen atoms in total. The van der Waals surface area contributed by atoms with Crippen molar-refractivity contribution < 1.29 is 17.9 Å². The molecule has 0 aliphatic rings. The van der Waals surface area contributed by atoms with E-state index >= 15 is 0 Å². The molecule has 3 rings (SSSR count). The molecular formula is C25H28N2O4S. The number of benzene rings is 3. The van der Waals surface area contributed by atoms with Crippen molar-refractivity contribution in [3.05, 3.63) is 95.1 Å². The van der Waals surface area contributed by atoms with Crippen molar-refractivity contribution in [1.29, 1.82) is 0 Å². The van der Waals surface area contributed by atoms with Crippen molar-refractivity contribution in [2.75, 3.05) is 13.7 Å².